The molecule has 16 heavy (non-hydrogen) atoms. The van der Waals surface area contributed by atoms with Gasteiger partial charge in [0.15, 0.2) is 0 Å². The van der Waals surface area contributed by atoms with E-state index in [9.17, 15) is 0 Å². The van der Waals surface area contributed by atoms with Crippen molar-refractivity contribution in [1.82, 2.24) is 19.3 Å². The lowest BCUT2D eigenvalue weighted by Gasteiger charge is -2.08. The summed E-state index contributed by atoms with van der Waals surface area (Å²) in [5, 5.41) is 4.57. The number of hydrogen-bond donors (Lipinski definition) is 0. The maximum Gasteiger partial charge on any atom is 0.105 e. The Morgan fingerprint density at radius 2 is 2.19 bits per heavy atom. The van der Waals surface area contributed by atoms with Crippen LogP contribution in [0, 0.1) is 6.92 Å². The molecule has 0 N–H and O–H groups in total. The molecule has 4 heteroatoms. The number of hydrogen-bond acceptors (Lipinski definition) is 2. The van der Waals surface area contributed by atoms with Gasteiger partial charge in [0.25, 0.3) is 0 Å². The lowest BCUT2D eigenvalue weighted by atomic mass is 10.3. The number of aryl methyl sites for hydroxylation is 1. The van der Waals surface area contributed by atoms with Crippen molar-refractivity contribution in [1.29, 1.82) is 0 Å². The normalized spacial score (nSPS) is 12.9. The fraction of sp³-hybridized carbons (Fsp3) is 0.500. The van der Waals surface area contributed by atoms with Gasteiger partial charge in [-0.2, -0.15) is 5.10 Å². The van der Waals surface area contributed by atoms with Crippen LogP contribution in [0.4, 0.5) is 0 Å². The summed E-state index contributed by atoms with van der Waals surface area (Å²) in [4.78, 5) is 4.20. The van der Waals surface area contributed by atoms with Crippen LogP contribution in [0.5, 0.6) is 0 Å². The van der Waals surface area contributed by atoms with E-state index in [0.29, 0.717) is 6.04 Å². The van der Waals surface area contributed by atoms with Crippen molar-refractivity contribution in [3.05, 3.63) is 36.2 Å². The third kappa shape index (κ3) is 2.15. The molecule has 86 valence electrons. The lowest BCUT2D eigenvalue weighted by Crippen LogP contribution is -2.06. The highest BCUT2D eigenvalue weighted by molar-refractivity contribution is 5.03. The van der Waals surface area contributed by atoms with Crippen LogP contribution in [0.1, 0.15) is 37.8 Å². The Bertz CT molecular complexity index is 455. The van der Waals surface area contributed by atoms with Gasteiger partial charge in [-0.15, -0.1) is 0 Å². The van der Waals surface area contributed by atoms with Gasteiger partial charge in [-0.1, -0.05) is 6.92 Å². The lowest BCUT2D eigenvalue weighted by molar-refractivity contribution is 0.472. The average Bonchev–Trinajstić information content (AvgIpc) is 2.89. The van der Waals surface area contributed by atoms with Gasteiger partial charge in [-0.25, -0.2) is 4.98 Å². The number of nitrogens with zero attached hydrogens (tertiary/aromatic N) is 4. The van der Waals surface area contributed by atoms with Gasteiger partial charge in [-0.05, 0) is 26.3 Å². The molecular weight excluding hydrogens is 200 g/mol. The van der Waals surface area contributed by atoms with E-state index in [1.165, 1.54) is 0 Å². The molecule has 0 aliphatic heterocycles. The van der Waals surface area contributed by atoms with Crippen LogP contribution in [0.2, 0.25) is 0 Å². The van der Waals surface area contributed by atoms with Crippen LogP contribution in [0.25, 0.3) is 0 Å². The second-order valence-electron chi connectivity index (χ2n) is 4.15. The molecule has 2 aromatic rings. The minimum Gasteiger partial charge on any atom is -0.329 e. The second kappa shape index (κ2) is 4.51. The number of rotatable bonds is 4. The Kier molecular flexibility index (Phi) is 3.08. The summed E-state index contributed by atoms with van der Waals surface area (Å²) in [6.07, 6.45) is 6.96. The highest BCUT2D eigenvalue weighted by atomic mass is 15.3. The van der Waals surface area contributed by atoms with Crippen molar-refractivity contribution in [2.45, 2.75) is 39.8 Å². The Morgan fingerprint density at radius 3 is 2.81 bits per heavy atom. The number of imidazole rings is 1. The molecule has 2 aromatic heterocycles. The first kappa shape index (κ1) is 10.9. The van der Waals surface area contributed by atoms with Gasteiger partial charge < -0.3 is 4.57 Å². The molecule has 0 aliphatic carbocycles. The third-order valence-corrected chi connectivity index (χ3v) is 2.96. The van der Waals surface area contributed by atoms with Crippen molar-refractivity contribution < 1.29 is 0 Å². The molecule has 0 spiro atoms. The minimum absolute atomic E-state index is 0.470. The van der Waals surface area contributed by atoms with E-state index in [1.54, 1.807) is 0 Å². The first-order valence-electron chi connectivity index (χ1n) is 5.72. The molecule has 0 amide bonds. The SMILES string of the molecule is CCC(C)n1ccc(Cn2ccnc2C)n1. The van der Waals surface area contributed by atoms with Crippen LogP contribution in [0.3, 0.4) is 0 Å². The fourth-order valence-electron chi connectivity index (χ4n) is 1.64. The van der Waals surface area contributed by atoms with Gasteiger partial charge in [0.2, 0.25) is 0 Å². The summed E-state index contributed by atoms with van der Waals surface area (Å²) in [6, 6.07) is 2.55. The van der Waals surface area contributed by atoms with E-state index in [2.05, 4.69) is 40.8 Å². The smallest absolute Gasteiger partial charge is 0.105 e. The third-order valence-electron chi connectivity index (χ3n) is 2.96. The van der Waals surface area contributed by atoms with Gasteiger partial charge in [0, 0.05) is 24.6 Å². The monoisotopic (exact) mass is 218 g/mol. The zero-order chi connectivity index (χ0) is 11.5. The fourth-order valence-corrected chi connectivity index (χ4v) is 1.64. The summed E-state index contributed by atoms with van der Waals surface area (Å²) < 4.78 is 4.13. The summed E-state index contributed by atoms with van der Waals surface area (Å²) in [5.74, 6) is 1.03. The summed E-state index contributed by atoms with van der Waals surface area (Å²) in [6.45, 7) is 7.16. The molecule has 2 heterocycles. The van der Waals surface area contributed by atoms with Gasteiger partial charge >= 0.3 is 0 Å². The van der Waals surface area contributed by atoms with E-state index >= 15 is 0 Å². The maximum absolute atomic E-state index is 4.57. The average molecular weight is 218 g/mol. The predicted molar refractivity (Wildman–Crippen MR) is 63.3 cm³/mol. The first-order chi connectivity index (χ1) is 7.70. The molecule has 0 bridgehead atoms. The molecule has 0 aromatic carbocycles. The minimum atomic E-state index is 0.470. The Labute approximate surface area is 95.9 Å². The summed E-state index contributed by atoms with van der Waals surface area (Å²) in [7, 11) is 0. The van der Waals surface area contributed by atoms with E-state index in [-0.39, 0.29) is 0 Å². The van der Waals surface area contributed by atoms with Gasteiger partial charge in [-0.3, -0.25) is 4.68 Å². The van der Waals surface area contributed by atoms with E-state index in [1.807, 2.05) is 24.0 Å². The first-order valence-corrected chi connectivity index (χ1v) is 5.72. The standard InChI is InChI=1S/C12H18N4/c1-4-10(2)16-7-5-12(14-16)9-15-8-6-13-11(15)3/h5-8,10H,4,9H2,1-3H3. The van der Waals surface area contributed by atoms with Crippen molar-refractivity contribution >= 4 is 0 Å². The molecule has 4 nitrogen and oxygen atoms in total. The van der Waals surface area contributed by atoms with Crippen LogP contribution >= 0.6 is 0 Å². The maximum atomic E-state index is 4.57. The zero-order valence-electron chi connectivity index (χ0n) is 10.1. The summed E-state index contributed by atoms with van der Waals surface area (Å²) >= 11 is 0. The van der Waals surface area contributed by atoms with E-state index < -0.39 is 0 Å². The van der Waals surface area contributed by atoms with Crippen LogP contribution < -0.4 is 0 Å². The predicted octanol–water partition coefficient (Wildman–Crippen LogP) is 2.41. The molecular formula is C12H18N4. The largest absolute Gasteiger partial charge is 0.329 e. The van der Waals surface area contributed by atoms with Crippen LogP contribution in [-0.2, 0) is 6.54 Å². The molecule has 0 aliphatic rings. The van der Waals surface area contributed by atoms with Crippen LogP contribution in [0.15, 0.2) is 24.7 Å². The second-order valence-corrected chi connectivity index (χ2v) is 4.15. The highest BCUT2D eigenvalue weighted by Gasteiger charge is 2.05. The molecule has 1 unspecified atom stereocenters. The van der Waals surface area contributed by atoms with E-state index in [4.69, 9.17) is 0 Å². The van der Waals surface area contributed by atoms with Crippen molar-refractivity contribution in [2.24, 2.45) is 0 Å². The van der Waals surface area contributed by atoms with Gasteiger partial charge in [0.1, 0.15) is 5.82 Å². The van der Waals surface area contributed by atoms with E-state index in [0.717, 1.165) is 24.5 Å². The Hall–Kier alpha value is -1.58. The molecule has 0 radical (unpaired) electrons. The van der Waals surface area contributed by atoms with Crippen LogP contribution in [-0.4, -0.2) is 19.3 Å². The summed E-state index contributed by atoms with van der Waals surface area (Å²) in [5.41, 5.74) is 1.08. The number of aromatic nitrogens is 4. The van der Waals surface area contributed by atoms with Crippen molar-refractivity contribution in [2.75, 3.05) is 0 Å². The Balaban J connectivity index is 2.11. The highest BCUT2D eigenvalue weighted by Crippen LogP contribution is 2.10. The molecule has 0 saturated heterocycles. The van der Waals surface area contributed by atoms with Gasteiger partial charge in [0.05, 0.1) is 12.2 Å². The zero-order valence-corrected chi connectivity index (χ0v) is 10.1. The topological polar surface area (TPSA) is 35.6 Å². The van der Waals surface area contributed by atoms with Crippen molar-refractivity contribution in [3.63, 3.8) is 0 Å². The quantitative estimate of drug-likeness (QED) is 0.790. The molecule has 0 saturated carbocycles. The Morgan fingerprint density at radius 1 is 1.38 bits per heavy atom. The molecule has 0 fully saturated rings. The van der Waals surface area contributed by atoms with Crippen molar-refractivity contribution in [3.8, 4) is 0 Å². The molecule has 2 rings (SSSR count). The molecule has 1 atom stereocenters.